The summed E-state index contributed by atoms with van der Waals surface area (Å²) in [6.45, 7) is 7.70. The van der Waals surface area contributed by atoms with E-state index in [4.69, 9.17) is 0 Å². The molecule has 8 atom stereocenters. The maximum atomic E-state index is 10.2. The van der Waals surface area contributed by atoms with Crippen LogP contribution in [-0.2, 0) is 0 Å². The Morgan fingerprint density at radius 3 is 2.68 bits per heavy atom. The van der Waals surface area contributed by atoms with Gasteiger partial charge in [0.25, 0.3) is 0 Å². The number of aliphatic hydroxyl groups is 2. The zero-order valence-electron chi connectivity index (χ0n) is 18.6. The Balaban J connectivity index is 1.42. The maximum Gasteiger partial charge on any atom is 0.0577 e. The number of rotatable bonds is 6. The van der Waals surface area contributed by atoms with Crippen molar-refractivity contribution in [3.05, 3.63) is 11.6 Å². The summed E-state index contributed by atoms with van der Waals surface area (Å²) < 4.78 is 0. The molecule has 3 saturated carbocycles. The van der Waals surface area contributed by atoms with Gasteiger partial charge in [-0.3, -0.25) is 0 Å². The van der Waals surface area contributed by atoms with Gasteiger partial charge in [-0.05, 0) is 105 Å². The van der Waals surface area contributed by atoms with Crippen LogP contribution in [0.5, 0.6) is 0 Å². The molecule has 0 saturated heterocycles. The molecule has 0 aromatic heterocycles. The van der Waals surface area contributed by atoms with E-state index in [0.717, 1.165) is 36.5 Å². The molecule has 0 aromatic rings. The lowest BCUT2D eigenvalue weighted by atomic mass is 9.47. The van der Waals surface area contributed by atoms with Crippen molar-refractivity contribution >= 4 is 0 Å². The van der Waals surface area contributed by atoms with Gasteiger partial charge in [-0.1, -0.05) is 45.3 Å². The fourth-order valence-corrected chi connectivity index (χ4v) is 8.20. The van der Waals surface area contributed by atoms with E-state index >= 15 is 0 Å². The standard InChI is InChI=1S/C26H44O2/c1-18(17-27)6-4-5-7-19-9-11-23-22-10-8-20-16-21(28)12-14-26(20,3)24(22)13-15-25(19,23)2/h8,18-19,21-24,27-28H,4-7,9-17H2,1-3H3. The first-order valence-corrected chi connectivity index (χ1v) is 12.4. The lowest BCUT2D eigenvalue weighted by molar-refractivity contribution is -0.0509. The average molecular weight is 389 g/mol. The summed E-state index contributed by atoms with van der Waals surface area (Å²) in [5, 5.41) is 19.4. The predicted molar refractivity (Wildman–Crippen MR) is 116 cm³/mol. The van der Waals surface area contributed by atoms with Gasteiger partial charge in [0.15, 0.2) is 0 Å². The van der Waals surface area contributed by atoms with Crippen LogP contribution in [0.3, 0.4) is 0 Å². The van der Waals surface area contributed by atoms with Gasteiger partial charge in [0.1, 0.15) is 0 Å². The minimum Gasteiger partial charge on any atom is -0.396 e. The number of hydrogen-bond acceptors (Lipinski definition) is 2. The Hall–Kier alpha value is -0.340. The first-order valence-electron chi connectivity index (χ1n) is 12.4. The summed E-state index contributed by atoms with van der Waals surface area (Å²) in [5.41, 5.74) is 2.55. The molecule has 4 aliphatic rings. The third-order valence-electron chi connectivity index (χ3n) is 10.1. The van der Waals surface area contributed by atoms with Gasteiger partial charge in [-0.2, -0.15) is 0 Å². The largest absolute Gasteiger partial charge is 0.396 e. The molecule has 3 fully saturated rings. The first kappa shape index (κ1) is 20.9. The van der Waals surface area contributed by atoms with Crippen LogP contribution in [0, 0.1) is 40.4 Å². The van der Waals surface area contributed by atoms with Gasteiger partial charge in [0.05, 0.1) is 6.10 Å². The van der Waals surface area contributed by atoms with Gasteiger partial charge in [0, 0.05) is 6.61 Å². The summed E-state index contributed by atoms with van der Waals surface area (Å²) >= 11 is 0. The van der Waals surface area contributed by atoms with E-state index in [0.29, 0.717) is 23.4 Å². The van der Waals surface area contributed by atoms with Crippen LogP contribution in [0.2, 0.25) is 0 Å². The van der Waals surface area contributed by atoms with E-state index in [9.17, 15) is 10.2 Å². The molecular formula is C26H44O2. The van der Waals surface area contributed by atoms with E-state index in [2.05, 4.69) is 26.8 Å². The molecule has 0 aromatic carbocycles. The second-order valence-electron chi connectivity index (χ2n) is 11.5. The summed E-state index contributed by atoms with van der Waals surface area (Å²) in [5.74, 6) is 4.08. The van der Waals surface area contributed by atoms with Crippen molar-refractivity contribution in [3.63, 3.8) is 0 Å². The lowest BCUT2D eigenvalue weighted by Crippen LogP contribution is -2.50. The minimum absolute atomic E-state index is 0.0888. The van der Waals surface area contributed by atoms with Crippen LogP contribution in [-0.4, -0.2) is 22.9 Å². The highest BCUT2D eigenvalue weighted by atomic mass is 16.3. The highest BCUT2D eigenvalue weighted by Gasteiger charge is 2.58. The van der Waals surface area contributed by atoms with Crippen molar-refractivity contribution < 1.29 is 10.2 Å². The third-order valence-corrected chi connectivity index (χ3v) is 10.1. The van der Waals surface area contributed by atoms with E-state index in [1.165, 1.54) is 64.2 Å². The van der Waals surface area contributed by atoms with E-state index in [1.54, 1.807) is 5.57 Å². The Bertz CT molecular complexity index is 583. The Labute approximate surface area is 173 Å². The molecule has 4 aliphatic carbocycles. The molecule has 28 heavy (non-hydrogen) atoms. The summed E-state index contributed by atoms with van der Waals surface area (Å²) in [6.07, 6.45) is 17.9. The molecule has 4 rings (SSSR count). The number of allylic oxidation sites excluding steroid dienone is 1. The molecule has 0 bridgehead atoms. The van der Waals surface area contributed by atoms with Crippen LogP contribution in [0.15, 0.2) is 11.6 Å². The number of hydrogen-bond donors (Lipinski definition) is 2. The van der Waals surface area contributed by atoms with Crippen molar-refractivity contribution in [1.82, 2.24) is 0 Å². The smallest absolute Gasteiger partial charge is 0.0577 e. The molecule has 0 aliphatic heterocycles. The quantitative estimate of drug-likeness (QED) is 0.425. The number of aliphatic hydroxyl groups excluding tert-OH is 2. The first-order chi connectivity index (χ1) is 13.4. The van der Waals surface area contributed by atoms with Gasteiger partial charge < -0.3 is 10.2 Å². The van der Waals surface area contributed by atoms with Gasteiger partial charge in [0.2, 0.25) is 0 Å². The van der Waals surface area contributed by atoms with Gasteiger partial charge in [-0.25, -0.2) is 0 Å². The molecule has 0 amide bonds. The second kappa shape index (κ2) is 8.06. The van der Waals surface area contributed by atoms with Crippen LogP contribution >= 0.6 is 0 Å². The molecule has 160 valence electrons. The minimum atomic E-state index is -0.0888. The molecular weight excluding hydrogens is 344 g/mol. The zero-order chi connectivity index (χ0) is 19.9. The Morgan fingerprint density at radius 1 is 1.07 bits per heavy atom. The topological polar surface area (TPSA) is 40.5 Å². The highest BCUT2D eigenvalue weighted by Crippen LogP contribution is 2.66. The Morgan fingerprint density at radius 2 is 1.89 bits per heavy atom. The number of unbranched alkanes of at least 4 members (excludes halogenated alkanes) is 1. The molecule has 0 radical (unpaired) electrons. The molecule has 2 N–H and O–H groups in total. The molecule has 0 spiro atoms. The summed E-state index contributed by atoms with van der Waals surface area (Å²) in [6, 6.07) is 0. The van der Waals surface area contributed by atoms with Crippen molar-refractivity contribution in [2.24, 2.45) is 40.4 Å². The third kappa shape index (κ3) is 3.51. The molecule has 2 nitrogen and oxygen atoms in total. The lowest BCUT2D eigenvalue weighted by Gasteiger charge is -2.58. The molecule has 2 heteroatoms. The maximum absolute atomic E-state index is 10.2. The van der Waals surface area contributed by atoms with E-state index < -0.39 is 0 Å². The highest BCUT2D eigenvalue weighted by molar-refractivity contribution is 5.25. The van der Waals surface area contributed by atoms with Crippen LogP contribution in [0.25, 0.3) is 0 Å². The van der Waals surface area contributed by atoms with Crippen molar-refractivity contribution in [3.8, 4) is 0 Å². The van der Waals surface area contributed by atoms with E-state index in [-0.39, 0.29) is 6.10 Å². The average Bonchev–Trinajstić information content (AvgIpc) is 3.02. The molecule has 0 heterocycles. The monoisotopic (exact) mass is 388 g/mol. The second-order valence-corrected chi connectivity index (χ2v) is 11.5. The Kier molecular flexibility index (Phi) is 6.02. The van der Waals surface area contributed by atoms with Crippen molar-refractivity contribution in [1.29, 1.82) is 0 Å². The fourth-order valence-electron chi connectivity index (χ4n) is 8.20. The summed E-state index contributed by atoms with van der Waals surface area (Å²) in [4.78, 5) is 0. The predicted octanol–water partition coefficient (Wildman–Crippen LogP) is 6.12. The van der Waals surface area contributed by atoms with Gasteiger partial charge >= 0.3 is 0 Å². The van der Waals surface area contributed by atoms with Crippen molar-refractivity contribution in [2.75, 3.05) is 6.61 Å². The van der Waals surface area contributed by atoms with Crippen molar-refractivity contribution in [2.45, 2.75) is 104 Å². The fraction of sp³-hybridized carbons (Fsp3) is 0.923. The van der Waals surface area contributed by atoms with Gasteiger partial charge in [-0.15, -0.1) is 0 Å². The van der Waals surface area contributed by atoms with Crippen LogP contribution in [0.1, 0.15) is 97.8 Å². The van der Waals surface area contributed by atoms with E-state index in [1.807, 2.05) is 0 Å². The van der Waals surface area contributed by atoms with Crippen LogP contribution < -0.4 is 0 Å². The number of fused-ring (bicyclic) bond motifs is 5. The normalized spacial score (nSPS) is 46.3. The SMILES string of the molecule is CC(CO)CCCCC1CCC2C3CC=C4CC(O)CCC4(C)C3CCC12C. The van der Waals surface area contributed by atoms with Crippen LogP contribution in [0.4, 0.5) is 0 Å². The molecule has 8 unspecified atom stereocenters. The zero-order valence-corrected chi connectivity index (χ0v) is 18.6. The summed E-state index contributed by atoms with van der Waals surface area (Å²) in [7, 11) is 0.